The summed E-state index contributed by atoms with van der Waals surface area (Å²) in [5, 5.41) is 0. The largest absolute Gasteiger partial charge is 0.380 e. The van der Waals surface area contributed by atoms with Crippen LogP contribution in [0.3, 0.4) is 0 Å². The normalized spacial score (nSPS) is 16.0. The molecule has 0 radical (unpaired) electrons. The van der Waals surface area contributed by atoms with Crippen molar-refractivity contribution < 1.29 is 9.47 Å². The first-order valence-corrected chi connectivity index (χ1v) is 4.24. The highest BCUT2D eigenvalue weighted by Crippen LogP contribution is 2.04. The Balaban J connectivity index is 3.49. The van der Waals surface area contributed by atoms with Gasteiger partial charge in [0.2, 0.25) is 0 Å². The summed E-state index contributed by atoms with van der Waals surface area (Å²) in [4.78, 5) is 0. The van der Waals surface area contributed by atoms with E-state index in [1.54, 1.807) is 14.2 Å². The van der Waals surface area contributed by atoms with E-state index in [2.05, 4.69) is 0 Å². The van der Waals surface area contributed by atoms with E-state index < -0.39 is 0 Å². The van der Waals surface area contributed by atoms with Crippen LogP contribution in [-0.4, -0.2) is 39.5 Å². The zero-order valence-electron chi connectivity index (χ0n) is 7.95. The molecule has 0 aliphatic rings. The van der Waals surface area contributed by atoms with Crippen molar-refractivity contribution in [2.45, 2.75) is 25.0 Å². The van der Waals surface area contributed by atoms with Gasteiger partial charge >= 0.3 is 0 Å². The van der Waals surface area contributed by atoms with Gasteiger partial charge in [0.05, 0.1) is 12.2 Å². The second kappa shape index (κ2) is 7.49. The van der Waals surface area contributed by atoms with Crippen LogP contribution in [0, 0.1) is 0 Å². The van der Waals surface area contributed by atoms with Crippen molar-refractivity contribution in [2.75, 3.05) is 27.3 Å². The quantitative estimate of drug-likeness (QED) is 0.559. The highest BCUT2D eigenvalue weighted by Gasteiger charge is 2.09. The van der Waals surface area contributed by atoms with Gasteiger partial charge in [-0.15, -0.1) is 0 Å². The van der Waals surface area contributed by atoms with Crippen molar-refractivity contribution >= 4 is 0 Å². The molecule has 4 nitrogen and oxygen atoms in total. The molecule has 0 amide bonds. The molecule has 0 saturated heterocycles. The predicted octanol–water partition coefficient (Wildman–Crippen LogP) is -0.286. The number of nitrogens with two attached hydrogens (primary N) is 2. The smallest absolute Gasteiger partial charge is 0.0694 e. The van der Waals surface area contributed by atoms with Crippen LogP contribution in [0.5, 0.6) is 0 Å². The third-order valence-electron chi connectivity index (χ3n) is 2.00. The van der Waals surface area contributed by atoms with Gasteiger partial charge in [0.15, 0.2) is 0 Å². The van der Waals surface area contributed by atoms with Crippen molar-refractivity contribution in [2.24, 2.45) is 11.5 Å². The van der Waals surface area contributed by atoms with E-state index in [0.29, 0.717) is 13.1 Å². The van der Waals surface area contributed by atoms with Gasteiger partial charge in [0, 0.05) is 27.3 Å². The summed E-state index contributed by atoms with van der Waals surface area (Å²) in [6.45, 7) is 1.11. The van der Waals surface area contributed by atoms with Crippen molar-refractivity contribution in [1.82, 2.24) is 0 Å². The molecule has 0 fully saturated rings. The first-order chi connectivity index (χ1) is 5.78. The number of hydrogen-bond acceptors (Lipinski definition) is 4. The summed E-state index contributed by atoms with van der Waals surface area (Å²) in [5.74, 6) is 0. The van der Waals surface area contributed by atoms with Crippen LogP contribution in [0.4, 0.5) is 0 Å². The molecule has 2 atom stereocenters. The maximum absolute atomic E-state index is 5.46. The van der Waals surface area contributed by atoms with E-state index in [0.717, 1.165) is 12.8 Å². The van der Waals surface area contributed by atoms with Crippen LogP contribution < -0.4 is 11.5 Å². The van der Waals surface area contributed by atoms with Gasteiger partial charge in [-0.05, 0) is 12.8 Å². The van der Waals surface area contributed by atoms with Gasteiger partial charge in [0.25, 0.3) is 0 Å². The lowest BCUT2D eigenvalue weighted by Gasteiger charge is -2.16. The molecular formula is C8H20N2O2. The molecule has 74 valence electrons. The Kier molecular flexibility index (Phi) is 7.39. The molecule has 12 heavy (non-hydrogen) atoms. The lowest BCUT2D eigenvalue weighted by atomic mass is 10.1. The average Bonchev–Trinajstić information content (AvgIpc) is 2.13. The van der Waals surface area contributed by atoms with E-state index in [-0.39, 0.29) is 12.2 Å². The van der Waals surface area contributed by atoms with Gasteiger partial charge in [0.1, 0.15) is 0 Å². The first kappa shape index (κ1) is 11.8. The molecule has 0 spiro atoms. The monoisotopic (exact) mass is 176 g/mol. The molecule has 0 saturated carbocycles. The molecule has 0 bridgehead atoms. The molecule has 4 heteroatoms. The fraction of sp³-hybridized carbons (Fsp3) is 1.00. The summed E-state index contributed by atoms with van der Waals surface area (Å²) in [6.07, 6.45) is 2.08. The molecule has 0 aliphatic carbocycles. The van der Waals surface area contributed by atoms with E-state index in [9.17, 15) is 0 Å². The Morgan fingerprint density at radius 3 is 1.42 bits per heavy atom. The lowest BCUT2D eigenvalue weighted by molar-refractivity contribution is 0.0611. The second-order valence-corrected chi connectivity index (χ2v) is 2.76. The highest BCUT2D eigenvalue weighted by molar-refractivity contribution is 4.64. The summed E-state index contributed by atoms with van der Waals surface area (Å²) in [7, 11) is 3.34. The van der Waals surface area contributed by atoms with Crippen LogP contribution in [0.15, 0.2) is 0 Å². The summed E-state index contributed by atoms with van der Waals surface area (Å²) < 4.78 is 10.2. The summed E-state index contributed by atoms with van der Waals surface area (Å²) in [5.41, 5.74) is 10.9. The van der Waals surface area contributed by atoms with Crippen molar-refractivity contribution in [3.8, 4) is 0 Å². The van der Waals surface area contributed by atoms with Crippen LogP contribution in [0.2, 0.25) is 0 Å². The molecule has 0 aromatic rings. The minimum atomic E-state index is 0.134. The first-order valence-electron chi connectivity index (χ1n) is 4.24. The van der Waals surface area contributed by atoms with Gasteiger partial charge in [-0.3, -0.25) is 0 Å². The van der Waals surface area contributed by atoms with E-state index >= 15 is 0 Å². The average molecular weight is 176 g/mol. The molecule has 0 aliphatic heterocycles. The fourth-order valence-corrected chi connectivity index (χ4v) is 1.04. The maximum atomic E-state index is 5.46. The Bertz CT molecular complexity index is 81.1. The van der Waals surface area contributed by atoms with Crippen LogP contribution >= 0.6 is 0 Å². The van der Waals surface area contributed by atoms with Gasteiger partial charge in [-0.2, -0.15) is 0 Å². The van der Waals surface area contributed by atoms with Crippen LogP contribution in [0.25, 0.3) is 0 Å². The molecular weight excluding hydrogens is 156 g/mol. The third-order valence-corrected chi connectivity index (χ3v) is 2.00. The fourth-order valence-electron chi connectivity index (χ4n) is 1.04. The zero-order valence-corrected chi connectivity index (χ0v) is 7.95. The molecule has 2 unspecified atom stereocenters. The number of rotatable bonds is 7. The lowest BCUT2D eigenvalue weighted by Crippen LogP contribution is -2.27. The minimum absolute atomic E-state index is 0.134. The standard InChI is InChI=1S/C8H20N2O2/c1-11-7(5-9)3-4-8(6-10)12-2/h7-8H,3-6,9-10H2,1-2H3. The second-order valence-electron chi connectivity index (χ2n) is 2.76. The predicted molar refractivity (Wildman–Crippen MR) is 48.9 cm³/mol. The highest BCUT2D eigenvalue weighted by atomic mass is 16.5. The third kappa shape index (κ3) is 4.66. The van der Waals surface area contributed by atoms with E-state index in [4.69, 9.17) is 20.9 Å². The molecule has 0 rings (SSSR count). The van der Waals surface area contributed by atoms with Gasteiger partial charge in [-0.1, -0.05) is 0 Å². The molecule has 0 aromatic carbocycles. The van der Waals surface area contributed by atoms with Gasteiger partial charge < -0.3 is 20.9 Å². The maximum Gasteiger partial charge on any atom is 0.0694 e. The molecule has 0 heterocycles. The number of hydrogen-bond donors (Lipinski definition) is 2. The number of ether oxygens (including phenoxy) is 2. The number of methoxy groups -OCH3 is 2. The van der Waals surface area contributed by atoms with E-state index in [1.807, 2.05) is 0 Å². The van der Waals surface area contributed by atoms with Crippen molar-refractivity contribution in [3.63, 3.8) is 0 Å². The molecule has 0 aromatic heterocycles. The minimum Gasteiger partial charge on any atom is -0.380 e. The molecule has 4 N–H and O–H groups in total. The Morgan fingerprint density at radius 2 is 1.25 bits per heavy atom. The van der Waals surface area contributed by atoms with Crippen LogP contribution in [0.1, 0.15) is 12.8 Å². The SMILES string of the molecule is COC(CN)CCC(CN)OC. The van der Waals surface area contributed by atoms with Crippen molar-refractivity contribution in [3.05, 3.63) is 0 Å². The van der Waals surface area contributed by atoms with Crippen molar-refractivity contribution in [1.29, 1.82) is 0 Å². The Morgan fingerprint density at radius 1 is 0.917 bits per heavy atom. The van der Waals surface area contributed by atoms with Crippen LogP contribution in [-0.2, 0) is 9.47 Å². The Labute approximate surface area is 74.2 Å². The van der Waals surface area contributed by atoms with E-state index in [1.165, 1.54) is 0 Å². The topological polar surface area (TPSA) is 70.5 Å². The summed E-state index contributed by atoms with van der Waals surface area (Å²) >= 11 is 0. The van der Waals surface area contributed by atoms with Gasteiger partial charge in [-0.25, -0.2) is 0 Å². The summed E-state index contributed by atoms with van der Waals surface area (Å²) in [6, 6.07) is 0. The zero-order chi connectivity index (χ0) is 9.40. The Hall–Kier alpha value is -0.160.